The van der Waals surface area contributed by atoms with Crippen LogP contribution in [0.5, 0.6) is 0 Å². The summed E-state index contributed by atoms with van der Waals surface area (Å²) in [5.74, 6) is 0.530. The van der Waals surface area contributed by atoms with Gasteiger partial charge in [-0.05, 0) is 29.5 Å². The summed E-state index contributed by atoms with van der Waals surface area (Å²) < 4.78 is 0. The predicted octanol–water partition coefficient (Wildman–Crippen LogP) is 5.18. The Bertz CT molecular complexity index is 453. The summed E-state index contributed by atoms with van der Waals surface area (Å²) in [6.07, 6.45) is 3.55. The van der Waals surface area contributed by atoms with Crippen molar-refractivity contribution >= 4 is 0 Å². The Hall–Kier alpha value is -1.56. The molecule has 0 nitrogen and oxygen atoms in total. The molecular weight excluding hydrogens is 216 g/mol. The molecule has 0 aliphatic heterocycles. The van der Waals surface area contributed by atoms with Gasteiger partial charge in [0, 0.05) is 5.92 Å². The van der Waals surface area contributed by atoms with Crippen LogP contribution in [0.1, 0.15) is 49.3 Å². The summed E-state index contributed by atoms with van der Waals surface area (Å²) in [6, 6.07) is 20.0. The maximum Gasteiger partial charge on any atom is 0.00867 e. The van der Waals surface area contributed by atoms with Crippen LogP contribution in [0.25, 0.3) is 0 Å². The van der Waals surface area contributed by atoms with Crippen LogP contribution in [0.4, 0.5) is 0 Å². The topological polar surface area (TPSA) is 0 Å². The van der Waals surface area contributed by atoms with Crippen LogP contribution in [-0.2, 0) is 6.42 Å². The molecule has 0 radical (unpaired) electrons. The minimum atomic E-state index is 0.530. The first-order valence-corrected chi connectivity index (χ1v) is 6.99. The number of benzene rings is 2. The van der Waals surface area contributed by atoms with Crippen LogP contribution < -0.4 is 0 Å². The van der Waals surface area contributed by atoms with Crippen LogP contribution in [0.3, 0.4) is 0 Å². The second-order valence-electron chi connectivity index (χ2n) is 4.86. The van der Waals surface area contributed by atoms with E-state index < -0.39 is 0 Å². The van der Waals surface area contributed by atoms with Gasteiger partial charge in [-0.1, -0.05) is 74.9 Å². The van der Waals surface area contributed by atoms with E-state index in [0.29, 0.717) is 5.92 Å². The van der Waals surface area contributed by atoms with Gasteiger partial charge >= 0.3 is 0 Å². The minimum Gasteiger partial charge on any atom is -0.0651 e. The fraction of sp³-hybridized carbons (Fsp3) is 0.333. The molecule has 0 heteroatoms. The Kier molecular flexibility index (Phi) is 4.58. The molecule has 0 heterocycles. The smallest absolute Gasteiger partial charge is 0.00867 e. The Morgan fingerprint density at radius 3 is 1.94 bits per heavy atom. The molecule has 0 saturated carbocycles. The molecule has 0 fully saturated rings. The summed E-state index contributed by atoms with van der Waals surface area (Å²) in [4.78, 5) is 0. The molecule has 2 aromatic rings. The zero-order valence-electron chi connectivity index (χ0n) is 11.4. The van der Waals surface area contributed by atoms with Gasteiger partial charge in [-0.2, -0.15) is 0 Å². The van der Waals surface area contributed by atoms with Crippen molar-refractivity contribution in [3.05, 3.63) is 71.3 Å². The molecule has 0 aliphatic rings. The average molecular weight is 238 g/mol. The highest BCUT2D eigenvalue weighted by molar-refractivity contribution is 5.34. The molecule has 1 unspecified atom stereocenters. The third-order valence-electron chi connectivity index (χ3n) is 3.53. The van der Waals surface area contributed by atoms with Crippen molar-refractivity contribution in [3.8, 4) is 0 Å². The lowest BCUT2D eigenvalue weighted by Crippen LogP contribution is -1.99. The lowest BCUT2D eigenvalue weighted by Gasteiger charge is -2.16. The fourth-order valence-corrected chi connectivity index (χ4v) is 2.55. The molecule has 94 valence electrons. The third kappa shape index (κ3) is 3.01. The van der Waals surface area contributed by atoms with E-state index in [2.05, 4.69) is 68.4 Å². The van der Waals surface area contributed by atoms with Crippen LogP contribution in [0, 0.1) is 0 Å². The number of hydrogen-bond acceptors (Lipinski definition) is 0. The van der Waals surface area contributed by atoms with E-state index in [0.717, 1.165) is 6.42 Å². The minimum absolute atomic E-state index is 0.530. The molecule has 0 N–H and O–H groups in total. The summed E-state index contributed by atoms with van der Waals surface area (Å²) >= 11 is 0. The van der Waals surface area contributed by atoms with E-state index in [4.69, 9.17) is 0 Å². The SMILES string of the molecule is CCCc1ccc(C(CC)c2ccccc2)cc1. The molecule has 18 heavy (non-hydrogen) atoms. The van der Waals surface area contributed by atoms with Crippen molar-refractivity contribution in [2.24, 2.45) is 0 Å². The van der Waals surface area contributed by atoms with Crippen molar-refractivity contribution in [3.63, 3.8) is 0 Å². The summed E-state index contributed by atoms with van der Waals surface area (Å²) in [5.41, 5.74) is 4.30. The summed E-state index contributed by atoms with van der Waals surface area (Å²) in [7, 11) is 0. The molecule has 0 aromatic heterocycles. The summed E-state index contributed by atoms with van der Waals surface area (Å²) in [5, 5.41) is 0. The van der Waals surface area contributed by atoms with Gasteiger partial charge in [0.25, 0.3) is 0 Å². The highest BCUT2D eigenvalue weighted by Crippen LogP contribution is 2.27. The van der Waals surface area contributed by atoms with Crippen molar-refractivity contribution in [2.45, 2.75) is 39.0 Å². The van der Waals surface area contributed by atoms with Gasteiger partial charge < -0.3 is 0 Å². The standard InChI is InChI=1S/C18H22/c1-3-8-15-11-13-17(14-12-15)18(4-2)16-9-6-5-7-10-16/h5-7,9-14,18H,3-4,8H2,1-2H3. The zero-order valence-corrected chi connectivity index (χ0v) is 11.4. The number of rotatable bonds is 5. The van der Waals surface area contributed by atoms with E-state index >= 15 is 0 Å². The monoisotopic (exact) mass is 238 g/mol. The van der Waals surface area contributed by atoms with Gasteiger partial charge in [0.2, 0.25) is 0 Å². The Labute approximate surface area is 111 Å². The second-order valence-corrected chi connectivity index (χ2v) is 4.86. The largest absolute Gasteiger partial charge is 0.0651 e. The Balaban J connectivity index is 2.23. The quantitative estimate of drug-likeness (QED) is 0.673. The maximum atomic E-state index is 2.30. The Morgan fingerprint density at radius 2 is 1.39 bits per heavy atom. The first-order valence-electron chi connectivity index (χ1n) is 6.99. The van der Waals surface area contributed by atoms with Gasteiger partial charge in [-0.15, -0.1) is 0 Å². The fourth-order valence-electron chi connectivity index (χ4n) is 2.55. The third-order valence-corrected chi connectivity index (χ3v) is 3.53. The molecule has 2 aromatic carbocycles. The van der Waals surface area contributed by atoms with E-state index in [1.807, 2.05) is 0 Å². The van der Waals surface area contributed by atoms with Crippen molar-refractivity contribution < 1.29 is 0 Å². The molecule has 0 amide bonds. The van der Waals surface area contributed by atoms with E-state index in [9.17, 15) is 0 Å². The van der Waals surface area contributed by atoms with Crippen molar-refractivity contribution in [1.82, 2.24) is 0 Å². The predicted molar refractivity (Wildman–Crippen MR) is 79.0 cm³/mol. The van der Waals surface area contributed by atoms with Crippen LogP contribution >= 0.6 is 0 Å². The first kappa shape index (κ1) is 12.9. The van der Waals surface area contributed by atoms with E-state index in [1.54, 1.807) is 0 Å². The Morgan fingerprint density at radius 1 is 0.778 bits per heavy atom. The van der Waals surface area contributed by atoms with Crippen LogP contribution in [-0.4, -0.2) is 0 Å². The van der Waals surface area contributed by atoms with Gasteiger partial charge in [0.05, 0.1) is 0 Å². The first-order chi connectivity index (χ1) is 8.85. The normalized spacial score (nSPS) is 12.3. The van der Waals surface area contributed by atoms with Gasteiger partial charge in [0.1, 0.15) is 0 Å². The molecule has 2 rings (SSSR count). The maximum absolute atomic E-state index is 2.30. The molecule has 1 atom stereocenters. The zero-order chi connectivity index (χ0) is 12.8. The second kappa shape index (κ2) is 6.39. The molecular formula is C18H22. The van der Waals surface area contributed by atoms with E-state index in [1.165, 1.54) is 29.5 Å². The van der Waals surface area contributed by atoms with Crippen molar-refractivity contribution in [2.75, 3.05) is 0 Å². The van der Waals surface area contributed by atoms with E-state index in [-0.39, 0.29) is 0 Å². The highest BCUT2D eigenvalue weighted by Gasteiger charge is 2.11. The van der Waals surface area contributed by atoms with Crippen molar-refractivity contribution in [1.29, 1.82) is 0 Å². The lowest BCUT2D eigenvalue weighted by atomic mass is 9.88. The van der Waals surface area contributed by atoms with Crippen LogP contribution in [0.15, 0.2) is 54.6 Å². The summed E-state index contributed by atoms with van der Waals surface area (Å²) in [6.45, 7) is 4.49. The molecule has 0 bridgehead atoms. The number of aryl methyl sites for hydroxylation is 1. The lowest BCUT2D eigenvalue weighted by molar-refractivity contribution is 0.776. The highest BCUT2D eigenvalue weighted by atomic mass is 14.1. The van der Waals surface area contributed by atoms with Gasteiger partial charge in [0.15, 0.2) is 0 Å². The van der Waals surface area contributed by atoms with Crippen LogP contribution in [0.2, 0.25) is 0 Å². The molecule has 0 aliphatic carbocycles. The molecule has 0 saturated heterocycles. The van der Waals surface area contributed by atoms with Gasteiger partial charge in [-0.3, -0.25) is 0 Å². The molecule has 0 spiro atoms. The average Bonchev–Trinajstić information content (AvgIpc) is 2.43. The van der Waals surface area contributed by atoms with Gasteiger partial charge in [-0.25, -0.2) is 0 Å². The number of hydrogen-bond donors (Lipinski definition) is 0.